The molecule has 0 unspecified atom stereocenters. The van der Waals surface area contributed by atoms with Crippen molar-refractivity contribution < 1.29 is 9.53 Å². The van der Waals surface area contributed by atoms with Crippen LogP contribution in [0.3, 0.4) is 0 Å². The van der Waals surface area contributed by atoms with E-state index in [0.717, 1.165) is 10.4 Å². The summed E-state index contributed by atoms with van der Waals surface area (Å²) in [7, 11) is 5.53. The molecule has 0 saturated heterocycles. The van der Waals surface area contributed by atoms with E-state index in [1.807, 2.05) is 24.3 Å². The van der Waals surface area contributed by atoms with E-state index in [-0.39, 0.29) is 5.97 Å². The van der Waals surface area contributed by atoms with Gasteiger partial charge in [0.1, 0.15) is 7.85 Å². The molecule has 4 heteroatoms. The normalized spacial score (nSPS) is 9.79. The van der Waals surface area contributed by atoms with Crippen molar-refractivity contribution in [2.45, 2.75) is 11.8 Å². The Hall–Kier alpha value is -0.895. The van der Waals surface area contributed by atoms with Crippen LogP contribution in [0.5, 0.6) is 0 Å². The van der Waals surface area contributed by atoms with Crippen LogP contribution in [-0.2, 0) is 9.53 Å². The fourth-order valence-corrected chi connectivity index (χ4v) is 1.61. The number of hydrogen-bond acceptors (Lipinski definition) is 3. The van der Waals surface area contributed by atoms with Gasteiger partial charge in [-0.2, -0.15) is 0 Å². The number of hydrogen-bond donors (Lipinski definition) is 0. The number of carbonyl (C=O) groups excluding carboxylic acids is 1. The van der Waals surface area contributed by atoms with Gasteiger partial charge in [-0.05, 0) is 19.1 Å². The van der Waals surface area contributed by atoms with Gasteiger partial charge in [0.2, 0.25) is 0 Å². The molecule has 0 aromatic heterocycles. The van der Waals surface area contributed by atoms with E-state index < -0.39 is 0 Å². The largest absolute Gasteiger partial charge is 0.465 e. The molecule has 0 atom stereocenters. The zero-order chi connectivity index (χ0) is 10.4. The lowest BCUT2D eigenvalue weighted by Gasteiger charge is -2.02. The van der Waals surface area contributed by atoms with E-state index in [4.69, 9.17) is 12.6 Å². The number of esters is 1. The first-order valence-electron chi connectivity index (χ1n) is 4.36. The summed E-state index contributed by atoms with van der Waals surface area (Å²) >= 11 is 1.45. The molecular formula is C10H11BO2S. The molecule has 0 heterocycles. The van der Waals surface area contributed by atoms with Crippen molar-refractivity contribution in [1.29, 1.82) is 0 Å². The molecule has 1 aromatic rings. The molecule has 2 radical (unpaired) electrons. The van der Waals surface area contributed by atoms with Crippen molar-refractivity contribution in [3.05, 3.63) is 24.3 Å². The van der Waals surface area contributed by atoms with Gasteiger partial charge < -0.3 is 4.74 Å². The third-order valence-corrected chi connectivity index (χ3v) is 2.53. The van der Waals surface area contributed by atoms with Crippen LogP contribution < -0.4 is 5.46 Å². The molecule has 72 valence electrons. The van der Waals surface area contributed by atoms with Crippen LogP contribution in [0, 0.1) is 0 Å². The van der Waals surface area contributed by atoms with Crippen molar-refractivity contribution >= 4 is 31.0 Å². The molecule has 0 aliphatic carbocycles. The second-order valence-corrected chi connectivity index (χ2v) is 3.71. The number of rotatable bonds is 4. The van der Waals surface area contributed by atoms with Gasteiger partial charge in [0.25, 0.3) is 0 Å². The third kappa shape index (κ3) is 3.88. The lowest BCUT2D eigenvalue weighted by atomic mass is 9.97. The molecule has 2 nitrogen and oxygen atoms in total. The molecule has 0 spiro atoms. The standard InChI is InChI=1S/C10H11BO2S/c1-2-13-10(12)7-14-9-5-3-8(11)4-6-9/h3-6H,2,7H2,1H3. The summed E-state index contributed by atoms with van der Waals surface area (Å²) in [5.74, 6) is 0.159. The Bertz CT molecular complexity index is 297. The summed E-state index contributed by atoms with van der Waals surface area (Å²) < 4.78 is 4.80. The fraction of sp³-hybridized carbons (Fsp3) is 0.300. The SMILES string of the molecule is [B]c1ccc(SCC(=O)OCC)cc1. The summed E-state index contributed by atoms with van der Waals surface area (Å²) in [5.41, 5.74) is 0.727. The van der Waals surface area contributed by atoms with Crippen molar-refractivity contribution in [2.24, 2.45) is 0 Å². The van der Waals surface area contributed by atoms with E-state index in [0.29, 0.717) is 12.4 Å². The molecular weight excluding hydrogens is 195 g/mol. The van der Waals surface area contributed by atoms with E-state index in [2.05, 4.69) is 0 Å². The quantitative estimate of drug-likeness (QED) is 0.419. The number of ether oxygens (including phenoxy) is 1. The topological polar surface area (TPSA) is 26.3 Å². The van der Waals surface area contributed by atoms with E-state index >= 15 is 0 Å². The zero-order valence-electron chi connectivity index (χ0n) is 8.03. The Morgan fingerprint density at radius 2 is 2.07 bits per heavy atom. The number of thioether (sulfide) groups is 1. The monoisotopic (exact) mass is 206 g/mol. The third-order valence-electron chi connectivity index (χ3n) is 1.54. The first kappa shape index (κ1) is 11.2. The predicted octanol–water partition coefficient (Wildman–Crippen LogP) is 1.14. The number of carbonyl (C=O) groups is 1. The zero-order valence-corrected chi connectivity index (χ0v) is 8.84. The Kier molecular flexibility index (Phi) is 4.60. The van der Waals surface area contributed by atoms with Gasteiger partial charge in [-0.3, -0.25) is 4.79 Å². The Morgan fingerprint density at radius 1 is 1.43 bits per heavy atom. The Balaban J connectivity index is 2.38. The molecule has 1 aromatic carbocycles. The van der Waals surface area contributed by atoms with Crippen LogP contribution in [0.25, 0.3) is 0 Å². The minimum atomic E-state index is -0.186. The van der Waals surface area contributed by atoms with Gasteiger partial charge in [0, 0.05) is 4.90 Å². The lowest BCUT2D eigenvalue weighted by molar-refractivity contribution is -0.139. The van der Waals surface area contributed by atoms with Gasteiger partial charge in [0.15, 0.2) is 0 Å². The Morgan fingerprint density at radius 3 is 2.64 bits per heavy atom. The molecule has 0 saturated carbocycles. The van der Waals surface area contributed by atoms with Gasteiger partial charge in [0.05, 0.1) is 12.4 Å². The molecule has 0 aliphatic heterocycles. The molecule has 14 heavy (non-hydrogen) atoms. The molecule has 0 N–H and O–H groups in total. The average molecular weight is 206 g/mol. The van der Waals surface area contributed by atoms with Crippen molar-refractivity contribution in [3.63, 3.8) is 0 Å². The summed E-state index contributed by atoms with van der Waals surface area (Å²) in [6.45, 7) is 2.23. The summed E-state index contributed by atoms with van der Waals surface area (Å²) in [4.78, 5) is 12.0. The fourth-order valence-electron chi connectivity index (χ4n) is 0.909. The summed E-state index contributed by atoms with van der Waals surface area (Å²) in [6.07, 6.45) is 0. The van der Waals surface area contributed by atoms with Gasteiger partial charge >= 0.3 is 5.97 Å². The molecule has 0 aliphatic rings. The highest BCUT2D eigenvalue weighted by Gasteiger charge is 2.02. The van der Waals surface area contributed by atoms with Crippen LogP contribution in [0.2, 0.25) is 0 Å². The van der Waals surface area contributed by atoms with E-state index in [1.54, 1.807) is 6.92 Å². The highest BCUT2D eigenvalue weighted by molar-refractivity contribution is 8.00. The highest BCUT2D eigenvalue weighted by atomic mass is 32.2. The van der Waals surface area contributed by atoms with Crippen LogP contribution in [-0.4, -0.2) is 26.2 Å². The van der Waals surface area contributed by atoms with Crippen molar-refractivity contribution in [2.75, 3.05) is 12.4 Å². The number of benzene rings is 1. The first-order chi connectivity index (χ1) is 6.72. The van der Waals surface area contributed by atoms with E-state index in [1.165, 1.54) is 11.8 Å². The van der Waals surface area contributed by atoms with Crippen molar-refractivity contribution in [3.8, 4) is 0 Å². The molecule has 0 fully saturated rings. The minimum absolute atomic E-state index is 0.186. The van der Waals surface area contributed by atoms with E-state index in [9.17, 15) is 4.79 Å². The van der Waals surface area contributed by atoms with Crippen LogP contribution in [0.15, 0.2) is 29.2 Å². The average Bonchev–Trinajstić information content (AvgIpc) is 2.17. The maximum absolute atomic E-state index is 11.0. The maximum atomic E-state index is 11.0. The smallest absolute Gasteiger partial charge is 0.316 e. The van der Waals surface area contributed by atoms with Crippen LogP contribution >= 0.6 is 11.8 Å². The predicted molar refractivity (Wildman–Crippen MR) is 59.2 cm³/mol. The van der Waals surface area contributed by atoms with Crippen LogP contribution in [0.4, 0.5) is 0 Å². The Labute approximate surface area is 89.4 Å². The summed E-state index contributed by atoms with van der Waals surface area (Å²) in [5, 5.41) is 0. The van der Waals surface area contributed by atoms with Crippen LogP contribution in [0.1, 0.15) is 6.92 Å². The molecule has 0 amide bonds. The second kappa shape index (κ2) is 5.76. The second-order valence-electron chi connectivity index (χ2n) is 2.66. The van der Waals surface area contributed by atoms with Gasteiger partial charge in [-0.15, -0.1) is 11.8 Å². The van der Waals surface area contributed by atoms with Crippen molar-refractivity contribution in [1.82, 2.24) is 0 Å². The molecule has 1 rings (SSSR count). The van der Waals surface area contributed by atoms with Gasteiger partial charge in [-0.25, -0.2) is 0 Å². The lowest BCUT2D eigenvalue weighted by Crippen LogP contribution is -2.06. The summed E-state index contributed by atoms with van der Waals surface area (Å²) in [6, 6.07) is 7.40. The minimum Gasteiger partial charge on any atom is -0.465 e. The highest BCUT2D eigenvalue weighted by Crippen LogP contribution is 2.16. The maximum Gasteiger partial charge on any atom is 0.316 e. The van der Waals surface area contributed by atoms with Gasteiger partial charge in [-0.1, -0.05) is 17.6 Å². The molecule has 0 bridgehead atoms. The first-order valence-corrected chi connectivity index (χ1v) is 5.35.